The SMILES string of the molecule is CCC(COCCl)[N+](=O)[O-]. The van der Waals surface area contributed by atoms with Crippen LogP contribution in [0.3, 0.4) is 0 Å². The van der Waals surface area contributed by atoms with Crippen LogP contribution in [0.5, 0.6) is 0 Å². The Balaban J connectivity index is 3.50. The van der Waals surface area contributed by atoms with Gasteiger partial charge in [-0.25, -0.2) is 0 Å². The molecule has 0 saturated carbocycles. The average Bonchev–Trinajstić information content (AvgIpc) is 1.89. The molecule has 1 unspecified atom stereocenters. The molecule has 0 N–H and O–H groups in total. The Kier molecular flexibility index (Phi) is 5.25. The minimum Gasteiger partial charge on any atom is -0.359 e. The van der Waals surface area contributed by atoms with Crippen molar-refractivity contribution in [2.45, 2.75) is 19.4 Å². The third-order valence-corrected chi connectivity index (χ3v) is 1.31. The van der Waals surface area contributed by atoms with Crippen LogP contribution in [0.1, 0.15) is 13.3 Å². The van der Waals surface area contributed by atoms with Crippen LogP contribution in [0.25, 0.3) is 0 Å². The molecule has 1 atom stereocenters. The maximum absolute atomic E-state index is 10.1. The van der Waals surface area contributed by atoms with Crippen LogP contribution < -0.4 is 0 Å². The van der Waals surface area contributed by atoms with E-state index in [9.17, 15) is 10.1 Å². The fourth-order valence-electron chi connectivity index (χ4n) is 0.508. The van der Waals surface area contributed by atoms with E-state index in [-0.39, 0.29) is 17.6 Å². The molecule has 0 saturated heterocycles. The van der Waals surface area contributed by atoms with Crippen molar-refractivity contribution in [2.75, 3.05) is 12.7 Å². The van der Waals surface area contributed by atoms with Gasteiger partial charge in [0.25, 0.3) is 0 Å². The third kappa shape index (κ3) is 3.63. The Morgan fingerprint density at radius 1 is 1.80 bits per heavy atom. The lowest BCUT2D eigenvalue weighted by molar-refractivity contribution is -0.526. The average molecular weight is 168 g/mol. The van der Waals surface area contributed by atoms with E-state index in [1.165, 1.54) is 0 Å². The maximum atomic E-state index is 10.1. The molecular formula is C5H10ClNO3. The molecule has 0 fully saturated rings. The van der Waals surface area contributed by atoms with Gasteiger partial charge in [-0.15, -0.1) is 0 Å². The van der Waals surface area contributed by atoms with Crippen LogP contribution in [-0.2, 0) is 4.74 Å². The minimum atomic E-state index is -0.612. The summed E-state index contributed by atoms with van der Waals surface area (Å²) < 4.78 is 4.67. The molecule has 0 aromatic carbocycles. The monoisotopic (exact) mass is 167 g/mol. The van der Waals surface area contributed by atoms with Crippen LogP contribution in [0.15, 0.2) is 0 Å². The number of alkyl halides is 1. The highest BCUT2D eigenvalue weighted by atomic mass is 35.5. The fraction of sp³-hybridized carbons (Fsp3) is 1.00. The molecule has 0 heterocycles. The number of hydrogen-bond acceptors (Lipinski definition) is 3. The zero-order chi connectivity index (χ0) is 7.98. The number of rotatable bonds is 5. The summed E-state index contributed by atoms with van der Waals surface area (Å²) in [7, 11) is 0. The summed E-state index contributed by atoms with van der Waals surface area (Å²) in [4.78, 5) is 9.76. The largest absolute Gasteiger partial charge is 0.359 e. The number of nitro groups is 1. The van der Waals surface area contributed by atoms with Gasteiger partial charge >= 0.3 is 0 Å². The normalized spacial score (nSPS) is 13.0. The highest BCUT2D eigenvalue weighted by Gasteiger charge is 2.16. The number of halogens is 1. The summed E-state index contributed by atoms with van der Waals surface area (Å²) in [5.41, 5.74) is 0. The molecule has 0 aliphatic heterocycles. The predicted octanol–water partition coefficient (Wildman–Crippen LogP) is 1.25. The molecule has 0 aliphatic carbocycles. The summed E-state index contributed by atoms with van der Waals surface area (Å²) in [6.07, 6.45) is 0.476. The fourth-order valence-corrected chi connectivity index (χ4v) is 0.597. The van der Waals surface area contributed by atoms with Crippen LogP contribution in [0.4, 0.5) is 0 Å². The van der Waals surface area contributed by atoms with Gasteiger partial charge in [0.15, 0.2) is 0 Å². The second kappa shape index (κ2) is 5.44. The van der Waals surface area contributed by atoms with E-state index < -0.39 is 6.04 Å². The van der Waals surface area contributed by atoms with Crippen LogP contribution in [0.2, 0.25) is 0 Å². The lowest BCUT2D eigenvalue weighted by Crippen LogP contribution is -2.24. The molecule has 0 amide bonds. The molecule has 0 rings (SSSR count). The first kappa shape index (κ1) is 9.65. The number of nitrogens with zero attached hydrogens (tertiary/aromatic N) is 1. The Bertz CT molecular complexity index is 109. The topological polar surface area (TPSA) is 52.4 Å². The quantitative estimate of drug-likeness (QED) is 0.352. The van der Waals surface area contributed by atoms with E-state index in [1.54, 1.807) is 6.92 Å². The highest BCUT2D eigenvalue weighted by molar-refractivity contribution is 6.17. The molecule has 0 bridgehead atoms. The van der Waals surface area contributed by atoms with Gasteiger partial charge in [0.1, 0.15) is 12.7 Å². The summed E-state index contributed by atoms with van der Waals surface area (Å²) in [5.74, 6) is 0. The molecule has 5 heteroatoms. The van der Waals surface area contributed by atoms with Crippen molar-refractivity contribution in [3.05, 3.63) is 10.1 Å². The third-order valence-electron chi connectivity index (χ3n) is 1.16. The first-order valence-corrected chi connectivity index (χ1v) is 3.53. The van der Waals surface area contributed by atoms with Crippen molar-refractivity contribution in [2.24, 2.45) is 0 Å². The molecule has 0 aromatic rings. The first-order chi connectivity index (χ1) is 4.72. The Morgan fingerprint density at radius 2 is 2.40 bits per heavy atom. The Morgan fingerprint density at radius 3 is 2.70 bits per heavy atom. The summed E-state index contributed by atoms with van der Waals surface area (Å²) >= 11 is 5.16. The standard InChI is InChI=1S/C5H10ClNO3/c1-2-5(7(8)9)3-10-4-6/h5H,2-4H2,1H3. The smallest absolute Gasteiger partial charge is 0.235 e. The van der Waals surface area contributed by atoms with Gasteiger partial charge in [0, 0.05) is 11.3 Å². The van der Waals surface area contributed by atoms with E-state index in [4.69, 9.17) is 11.6 Å². The summed E-state index contributed by atoms with van der Waals surface area (Å²) in [5, 5.41) is 10.1. The maximum Gasteiger partial charge on any atom is 0.235 e. The van der Waals surface area contributed by atoms with E-state index in [1.807, 2.05) is 0 Å². The molecule has 0 aliphatic rings. The van der Waals surface area contributed by atoms with Crippen LogP contribution in [-0.4, -0.2) is 23.6 Å². The first-order valence-electron chi connectivity index (χ1n) is 2.99. The number of hydrogen-bond donors (Lipinski definition) is 0. The highest BCUT2D eigenvalue weighted by Crippen LogP contribution is 1.97. The second-order valence-electron chi connectivity index (χ2n) is 1.83. The summed E-state index contributed by atoms with van der Waals surface area (Å²) in [6, 6.07) is -0.594. The van der Waals surface area contributed by atoms with Gasteiger partial charge in [-0.3, -0.25) is 10.1 Å². The molecule has 60 valence electrons. The zero-order valence-corrected chi connectivity index (χ0v) is 6.50. The van der Waals surface area contributed by atoms with Gasteiger partial charge < -0.3 is 4.74 Å². The Labute approximate surface area is 64.3 Å². The van der Waals surface area contributed by atoms with Crippen molar-refractivity contribution in [3.63, 3.8) is 0 Å². The molecule has 0 radical (unpaired) electrons. The van der Waals surface area contributed by atoms with Crippen LogP contribution >= 0.6 is 11.6 Å². The number of ether oxygens (including phenoxy) is 1. The van der Waals surface area contributed by atoms with E-state index in [2.05, 4.69) is 4.74 Å². The van der Waals surface area contributed by atoms with E-state index >= 15 is 0 Å². The van der Waals surface area contributed by atoms with Crippen molar-refractivity contribution < 1.29 is 9.66 Å². The molecule has 10 heavy (non-hydrogen) atoms. The molecular weight excluding hydrogens is 158 g/mol. The van der Waals surface area contributed by atoms with Gasteiger partial charge in [0.05, 0.1) is 0 Å². The molecule has 0 spiro atoms. The van der Waals surface area contributed by atoms with Crippen molar-refractivity contribution in [1.29, 1.82) is 0 Å². The predicted molar refractivity (Wildman–Crippen MR) is 37.7 cm³/mol. The molecule has 0 aromatic heterocycles. The minimum absolute atomic E-state index is 0.0182. The Hall–Kier alpha value is -0.350. The van der Waals surface area contributed by atoms with E-state index in [0.717, 1.165) is 0 Å². The lowest BCUT2D eigenvalue weighted by atomic mass is 10.3. The van der Waals surface area contributed by atoms with Gasteiger partial charge in [0.2, 0.25) is 6.04 Å². The van der Waals surface area contributed by atoms with Crippen molar-refractivity contribution in [1.82, 2.24) is 0 Å². The van der Waals surface area contributed by atoms with Crippen LogP contribution in [0, 0.1) is 10.1 Å². The van der Waals surface area contributed by atoms with Gasteiger partial charge in [-0.2, -0.15) is 0 Å². The van der Waals surface area contributed by atoms with E-state index in [0.29, 0.717) is 6.42 Å². The van der Waals surface area contributed by atoms with Crippen molar-refractivity contribution in [3.8, 4) is 0 Å². The van der Waals surface area contributed by atoms with Gasteiger partial charge in [-0.1, -0.05) is 18.5 Å². The van der Waals surface area contributed by atoms with Crippen molar-refractivity contribution >= 4 is 11.6 Å². The van der Waals surface area contributed by atoms with Gasteiger partial charge in [-0.05, 0) is 0 Å². The lowest BCUT2D eigenvalue weighted by Gasteiger charge is -2.04. The second-order valence-corrected chi connectivity index (χ2v) is 2.05. The summed E-state index contributed by atoms with van der Waals surface area (Å²) in [6.45, 7) is 1.85. The molecule has 4 nitrogen and oxygen atoms in total. The zero-order valence-electron chi connectivity index (χ0n) is 5.75.